The Labute approximate surface area is 155 Å². The number of amides is 1. The summed E-state index contributed by atoms with van der Waals surface area (Å²) in [5, 5.41) is 2.81. The third kappa shape index (κ3) is 5.68. The van der Waals surface area contributed by atoms with Gasteiger partial charge in [-0.25, -0.2) is 8.42 Å². The number of sulfonamides is 1. The van der Waals surface area contributed by atoms with Gasteiger partial charge in [-0.2, -0.15) is 4.72 Å². The Morgan fingerprint density at radius 3 is 2.23 bits per heavy atom. The second kappa shape index (κ2) is 8.47. The molecule has 0 aliphatic carbocycles. The average molecular weight is 375 g/mol. The Morgan fingerprint density at radius 2 is 1.65 bits per heavy atom. The molecular formula is C20H26N2O3S. The zero-order valence-corrected chi connectivity index (χ0v) is 16.4. The summed E-state index contributed by atoms with van der Waals surface area (Å²) < 4.78 is 27.9. The van der Waals surface area contributed by atoms with Crippen molar-refractivity contribution < 1.29 is 13.2 Å². The van der Waals surface area contributed by atoms with E-state index in [4.69, 9.17) is 0 Å². The Morgan fingerprint density at radius 1 is 1.00 bits per heavy atom. The van der Waals surface area contributed by atoms with Crippen LogP contribution in [-0.4, -0.2) is 20.4 Å². The molecule has 2 rings (SSSR count). The summed E-state index contributed by atoms with van der Waals surface area (Å²) in [4.78, 5) is 12.8. The number of benzene rings is 2. The van der Waals surface area contributed by atoms with Crippen LogP contribution in [-0.2, 0) is 14.8 Å². The summed E-state index contributed by atoms with van der Waals surface area (Å²) >= 11 is 0. The largest absolute Gasteiger partial charge is 0.325 e. The van der Waals surface area contributed by atoms with Crippen molar-refractivity contribution in [3.05, 3.63) is 59.7 Å². The highest BCUT2D eigenvalue weighted by molar-refractivity contribution is 7.89. The number of hydrogen-bond donors (Lipinski definition) is 2. The molecule has 2 aromatic carbocycles. The van der Waals surface area contributed by atoms with E-state index in [1.54, 1.807) is 30.3 Å². The van der Waals surface area contributed by atoms with Gasteiger partial charge in [0.25, 0.3) is 0 Å². The SMILES string of the molecule is Cc1ccc(S(=O)(=O)NC(CC(C)C)C(=O)Nc2cccc(C)c2)cc1. The molecule has 140 valence electrons. The van der Waals surface area contributed by atoms with Crippen molar-refractivity contribution in [2.45, 2.75) is 45.1 Å². The first-order valence-electron chi connectivity index (χ1n) is 8.64. The van der Waals surface area contributed by atoms with Crippen LogP contribution in [0.2, 0.25) is 0 Å². The van der Waals surface area contributed by atoms with Gasteiger partial charge in [-0.15, -0.1) is 0 Å². The summed E-state index contributed by atoms with van der Waals surface area (Å²) in [6, 6.07) is 13.1. The molecule has 0 saturated carbocycles. The summed E-state index contributed by atoms with van der Waals surface area (Å²) in [5.74, 6) is -0.205. The van der Waals surface area contributed by atoms with E-state index in [1.165, 1.54) is 0 Å². The van der Waals surface area contributed by atoms with Crippen LogP contribution in [0.4, 0.5) is 5.69 Å². The zero-order valence-electron chi connectivity index (χ0n) is 15.6. The molecule has 0 aliphatic heterocycles. The van der Waals surface area contributed by atoms with E-state index >= 15 is 0 Å². The molecule has 0 fully saturated rings. The number of rotatable bonds is 7. The third-order valence-electron chi connectivity index (χ3n) is 3.94. The van der Waals surface area contributed by atoms with E-state index in [9.17, 15) is 13.2 Å². The molecular weight excluding hydrogens is 348 g/mol. The molecule has 0 heterocycles. The smallest absolute Gasteiger partial charge is 0.242 e. The highest BCUT2D eigenvalue weighted by Crippen LogP contribution is 2.16. The van der Waals surface area contributed by atoms with E-state index < -0.39 is 16.1 Å². The van der Waals surface area contributed by atoms with Crippen molar-refractivity contribution in [2.75, 3.05) is 5.32 Å². The number of nitrogens with one attached hydrogen (secondary N) is 2. The molecule has 5 nitrogen and oxygen atoms in total. The predicted molar refractivity (Wildman–Crippen MR) is 105 cm³/mol. The van der Waals surface area contributed by atoms with E-state index in [0.29, 0.717) is 12.1 Å². The minimum Gasteiger partial charge on any atom is -0.325 e. The molecule has 0 radical (unpaired) electrons. The number of aryl methyl sites for hydroxylation is 2. The standard InChI is InChI=1S/C20H26N2O3S/c1-14(2)12-19(20(23)21-17-7-5-6-16(4)13-17)22-26(24,25)18-10-8-15(3)9-11-18/h5-11,13-14,19,22H,12H2,1-4H3,(H,21,23). The van der Waals surface area contributed by atoms with Gasteiger partial charge >= 0.3 is 0 Å². The van der Waals surface area contributed by atoms with E-state index in [0.717, 1.165) is 11.1 Å². The fraction of sp³-hybridized carbons (Fsp3) is 0.350. The first kappa shape index (κ1) is 20.1. The first-order valence-corrected chi connectivity index (χ1v) is 10.1. The lowest BCUT2D eigenvalue weighted by atomic mass is 10.0. The lowest BCUT2D eigenvalue weighted by molar-refractivity contribution is -0.118. The monoisotopic (exact) mass is 374 g/mol. The molecule has 1 unspecified atom stereocenters. The molecule has 1 amide bonds. The third-order valence-corrected chi connectivity index (χ3v) is 5.43. The number of anilines is 1. The molecule has 2 aromatic rings. The van der Waals surface area contributed by atoms with Gasteiger partial charge in [0, 0.05) is 5.69 Å². The predicted octanol–water partition coefficient (Wildman–Crippen LogP) is 3.64. The average Bonchev–Trinajstić information content (AvgIpc) is 2.54. The van der Waals surface area contributed by atoms with Gasteiger partial charge in [0.05, 0.1) is 4.90 Å². The van der Waals surface area contributed by atoms with E-state index in [1.807, 2.05) is 45.9 Å². The molecule has 26 heavy (non-hydrogen) atoms. The van der Waals surface area contributed by atoms with Crippen LogP contribution in [0.3, 0.4) is 0 Å². The highest BCUT2D eigenvalue weighted by atomic mass is 32.2. The van der Waals surface area contributed by atoms with Gasteiger partial charge in [0.15, 0.2) is 0 Å². The number of carbonyl (C=O) groups excluding carboxylic acids is 1. The fourth-order valence-corrected chi connectivity index (χ4v) is 3.81. The number of hydrogen-bond acceptors (Lipinski definition) is 3. The van der Waals surface area contributed by atoms with Crippen molar-refractivity contribution in [2.24, 2.45) is 5.92 Å². The minimum absolute atomic E-state index is 0.153. The normalized spacial score (nSPS) is 12.8. The second-order valence-corrected chi connectivity index (χ2v) is 8.69. The van der Waals surface area contributed by atoms with Crippen LogP contribution < -0.4 is 10.0 Å². The van der Waals surface area contributed by atoms with Crippen LogP contribution >= 0.6 is 0 Å². The quantitative estimate of drug-likeness (QED) is 0.777. The molecule has 0 bridgehead atoms. The Hall–Kier alpha value is -2.18. The van der Waals surface area contributed by atoms with E-state index in [2.05, 4.69) is 10.0 Å². The summed E-state index contributed by atoms with van der Waals surface area (Å²) in [5.41, 5.74) is 2.64. The lowest BCUT2D eigenvalue weighted by Gasteiger charge is -2.20. The van der Waals surface area contributed by atoms with Crippen molar-refractivity contribution >= 4 is 21.6 Å². The Balaban J connectivity index is 2.20. The summed E-state index contributed by atoms with van der Waals surface area (Å²) in [7, 11) is -3.78. The molecule has 0 spiro atoms. The Bertz CT molecular complexity index is 859. The second-order valence-electron chi connectivity index (χ2n) is 6.98. The molecule has 0 aromatic heterocycles. The van der Waals surface area contributed by atoms with Crippen molar-refractivity contribution in [1.29, 1.82) is 0 Å². The maximum atomic E-state index is 12.7. The number of carbonyl (C=O) groups is 1. The van der Waals surface area contributed by atoms with Crippen LogP contribution in [0, 0.1) is 19.8 Å². The van der Waals surface area contributed by atoms with Gasteiger partial charge in [0.2, 0.25) is 15.9 Å². The van der Waals surface area contributed by atoms with Gasteiger partial charge < -0.3 is 5.32 Å². The van der Waals surface area contributed by atoms with Gasteiger partial charge in [-0.05, 0) is 56.0 Å². The zero-order chi connectivity index (χ0) is 19.3. The van der Waals surface area contributed by atoms with Gasteiger partial charge in [-0.3, -0.25) is 4.79 Å². The van der Waals surface area contributed by atoms with Gasteiger partial charge in [-0.1, -0.05) is 43.7 Å². The van der Waals surface area contributed by atoms with E-state index in [-0.39, 0.29) is 16.7 Å². The molecule has 6 heteroatoms. The minimum atomic E-state index is -3.78. The van der Waals surface area contributed by atoms with Crippen LogP contribution in [0.1, 0.15) is 31.4 Å². The van der Waals surface area contributed by atoms with Gasteiger partial charge in [0.1, 0.15) is 6.04 Å². The molecule has 1 atom stereocenters. The molecule has 0 aliphatic rings. The summed E-state index contributed by atoms with van der Waals surface area (Å²) in [6.45, 7) is 7.72. The highest BCUT2D eigenvalue weighted by Gasteiger charge is 2.26. The maximum Gasteiger partial charge on any atom is 0.242 e. The topological polar surface area (TPSA) is 75.3 Å². The van der Waals surface area contributed by atoms with Crippen LogP contribution in [0.25, 0.3) is 0 Å². The van der Waals surface area contributed by atoms with Crippen LogP contribution in [0.15, 0.2) is 53.4 Å². The Kier molecular flexibility index (Phi) is 6.56. The molecule has 2 N–H and O–H groups in total. The van der Waals surface area contributed by atoms with Crippen molar-refractivity contribution in [3.63, 3.8) is 0 Å². The maximum absolute atomic E-state index is 12.7. The summed E-state index contributed by atoms with van der Waals surface area (Å²) in [6.07, 6.45) is 0.405. The van der Waals surface area contributed by atoms with Crippen LogP contribution in [0.5, 0.6) is 0 Å². The van der Waals surface area contributed by atoms with Crippen molar-refractivity contribution in [1.82, 2.24) is 4.72 Å². The fourth-order valence-electron chi connectivity index (χ4n) is 2.61. The van der Waals surface area contributed by atoms with Crippen molar-refractivity contribution in [3.8, 4) is 0 Å². The first-order chi connectivity index (χ1) is 12.2. The lowest BCUT2D eigenvalue weighted by Crippen LogP contribution is -2.44. The molecule has 0 saturated heterocycles.